The van der Waals surface area contributed by atoms with Gasteiger partial charge in [-0.1, -0.05) is 0 Å². The van der Waals surface area contributed by atoms with Crippen LogP contribution in [0.1, 0.15) is 25.7 Å². The molecule has 1 atom stereocenters. The van der Waals surface area contributed by atoms with E-state index in [9.17, 15) is 5.11 Å². The lowest BCUT2D eigenvalue weighted by Crippen LogP contribution is -2.42. The van der Waals surface area contributed by atoms with Crippen LogP contribution in [0.4, 0.5) is 0 Å². The van der Waals surface area contributed by atoms with Crippen LogP contribution in [0.3, 0.4) is 0 Å². The van der Waals surface area contributed by atoms with Gasteiger partial charge in [0, 0.05) is 12.1 Å². The zero-order valence-electron chi connectivity index (χ0n) is 6.73. The molecule has 1 saturated heterocycles. The Labute approximate surface area is 67.2 Å². The fourth-order valence-corrected chi connectivity index (χ4v) is 1.87. The molecule has 1 heterocycles. The number of nitrogens with one attached hydrogen (secondary N) is 2. The highest BCUT2D eigenvalue weighted by Crippen LogP contribution is 2.43. The lowest BCUT2D eigenvalue weighted by atomic mass is 10.2. The highest BCUT2D eigenvalue weighted by molar-refractivity contribution is 5.07. The predicted molar refractivity (Wildman–Crippen MR) is 41.7 cm³/mol. The Kier molecular flexibility index (Phi) is 1.87. The highest BCUT2D eigenvalue weighted by Gasteiger charge is 2.47. The Morgan fingerprint density at radius 2 is 2.27 bits per heavy atom. The molecule has 1 spiro atoms. The summed E-state index contributed by atoms with van der Waals surface area (Å²) in [6, 6.07) is 0. The molecule has 2 N–H and O–H groups in total. The van der Waals surface area contributed by atoms with Gasteiger partial charge in [0.05, 0.1) is 12.8 Å². The van der Waals surface area contributed by atoms with Crippen molar-refractivity contribution in [2.45, 2.75) is 37.4 Å². The molecule has 2 rings (SSSR count). The molecular weight excluding hydrogens is 140 g/mol. The van der Waals surface area contributed by atoms with Gasteiger partial charge in [0.15, 0.2) is 0 Å². The van der Waals surface area contributed by atoms with Gasteiger partial charge in [-0.25, -0.2) is 5.11 Å². The number of hydrogen-bond donors (Lipinski definition) is 2. The van der Waals surface area contributed by atoms with Crippen LogP contribution in [-0.4, -0.2) is 24.9 Å². The maximum atomic E-state index is 10.2. The highest BCUT2D eigenvalue weighted by atomic mass is 16.3. The average molecular weight is 155 g/mol. The van der Waals surface area contributed by atoms with Gasteiger partial charge in [-0.2, -0.15) is 0 Å². The fourth-order valence-electron chi connectivity index (χ4n) is 1.87. The van der Waals surface area contributed by atoms with Crippen LogP contribution >= 0.6 is 0 Å². The third-order valence-electron chi connectivity index (χ3n) is 2.74. The first kappa shape index (κ1) is 7.53. The summed E-state index contributed by atoms with van der Waals surface area (Å²) in [6.45, 7) is 0.596. The van der Waals surface area contributed by atoms with E-state index in [2.05, 4.69) is 10.6 Å². The molecule has 1 unspecified atom stereocenters. The van der Waals surface area contributed by atoms with Crippen LogP contribution in [0.25, 0.3) is 0 Å². The maximum Gasteiger partial charge on any atom is 0.0947 e. The van der Waals surface area contributed by atoms with Crippen molar-refractivity contribution >= 4 is 0 Å². The zero-order valence-corrected chi connectivity index (χ0v) is 6.73. The summed E-state index contributed by atoms with van der Waals surface area (Å²) in [6.07, 6.45) is 5.58. The normalized spacial score (nSPS) is 33.0. The van der Waals surface area contributed by atoms with Gasteiger partial charge in [0.1, 0.15) is 0 Å². The summed E-state index contributed by atoms with van der Waals surface area (Å²) in [7, 11) is 0. The topological polar surface area (TPSA) is 44.0 Å². The Bertz CT molecular complexity index is 145. The molecule has 3 nitrogen and oxygen atoms in total. The van der Waals surface area contributed by atoms with Crippen LogP contribution in [0, 0.1) is 0 Å². The quantitative estimate of drug-likeness (QED) is 0.613. The molecule has 2 fully saturated rings. The molecule has 0 amide bonds. The molecule has 1 aliphatic heterocycles. The Morgan fingerprint density at radius 3 is 2.82 bits per heavy atom. The summed E-state index contributed by atoms with van der Waals surface area (Å²) in [4.78, 5) is 0. The number of hydrogen-bond acceptors (Lipinski definition) is 2. The summed E-state index contributed by atoms with van der Waals surface area (Å²) >= 11 is 0. The lowest BCUT2D eigenvalue weighted by Gasteiger charge is -2.13. The van der Waals surface area contributed by atoms with E-state index in [4.69, 9.17) is 0 Å². The molecule has 63 valence electrons. The van der Waals surface area contributed by atoms with Gasteiger partial charge < -0.3 is 0 Å². The van der Waals surface area contributed by atoms with Crippen LogP contribution < -0.4 is 10.6 Å². The monoisotopic (exact) mass is 155 g/mol. The predicted octanol–water partition coefficient (Wildman–Crippen LogP) is 0.249. The minimum Gasteiger partial charge on any atom is -0.299 e. The summed E-state index contributed by atoms with van der Waals surface area (Å²) in [5.41, 5.74) is 0.501. The molecule has 0 aromatic carbocycles. The van der Waals surface area contributed by atoms with E-state index in [-0.39, 0.29) is 6.61 Å². The minimum absolute atomic E-state index is 0.00875. The Morgan fingerprint density at radius 1 is 1.45 bits per heavy atom. The molecule has 11 heavy (non-hydrogen) atoms. The maximum absolute atomic E-state index is 10.2. The standard InChI is InChI=1S/C8H15N2O/c11-6-5-9-7-1-2-8(10-7)3-4-8/h7,9-10H,1-6H2. The van der Waals surface area contributed by atoms with Crippen LogP contribution in [0.15, 0.2) is 0 Å². The van der Waals surface area contributed by atoms with Crippen molar-refractivity contribution in [2.75, 3.05) is 13.2 Å². The molecule has 0 bridgehead atoms. The number of rotatable bonds is 3. The second-order valence-corrected chi connectivity index (χ2v) is 3.67. The van der Waals surface area contributed by atoms with Crippen molar-refractivity contribution in [3.05, 3.63) is 0 Å². The summed E-state index contributed by atoms with van der Waals surface area (Å²) < 4.78 is 0. The second-order valence-electron chi connectivity index (χ2n) is 3.67. The third kappa shape index (κ3) is 1.55. The average Bonchev–Trinajstić information content (AvgIpc) is 2.61. The van der Waals surface area contributed by atoms with Gasteiger partial charge in [0.25, 0.3) is 0 Å². The van der Waals surface area contributed by atoms with Crippen molar-refractivity contribution < 1.29 is 5.11 Å². The van der Waals surface area contributed by atoms with Gasteiger partial charge in [-0.15, -0.1) is 0 Å². The van der Waals surface area contributed by atoms with Gasteiger partial charge in [-0.3, -0.25) is 10.6 Å². The Balaban J connectivity index is 1.72. The molecule has 1 radical (unpaired) electrons. The van der Waals surface area contributed by atoms with Gasteiger partial charge in [0.2, 0.25) is 0 Å². The van der Waals surface area contributed by atoms with E-state index in [0.29, 0.717) is 18.2 Å². The van der Waals surface area contributed by atoms with Crippen LogP contribution in [0.2, 0.25) is 0 Å². The van der Waals surface area contributed by atoms with Crippen LogP contribution in [-0.2, 0) is 5.11 Å². The first-order valence-corrected chi connectivity index (χ1v) is 4.44. The van der Waals surface area contributed by atoms with Crippen molar-refractivity contribution in [3.63, 3.8) is 0 Å². The van der Waals surface area contributed by atoms with Crippen molar-refractivity contribution in [1.82, 2.24) is 10.6 Å². The molecular formula is C8H15N2O. The van der Waals surface area contributed by atoms with Crippen molar-refractivity contribution in [2.24, 2.45) is 0 Å². The molecule has 0 aromatic rings. The van der Waals surface area contributed by atoms with E-state index < -0.39 is 0 Å². The minimum atomic E-state index is -0.00875. The largest absolute Gasteiger partial charge is 0.299 e. The van der Waals surface area contributed by atoms with Crippen molar-refractivity contribution in [1.29, 1.82) is 0 Å². The SMILES string of the molecule is [O]CCNC1CCC2(CC2)N1. The molecule has 1 saturated carbocycles. The smallest absolute Gasteiger partial charge is 0.0947 e. The molecule has 0 aromatic heterocycles. The summed E-state index contributed by atoms with van der Waals surface area (Å²) in [5.74, 6) is 0. The fraction of sp³-hybridized carbons (Fsp3) is 1.00. The molecule has 2 aliphatic rings. The van der Waals surface area contributed by atoms with Crippen LogP contribution in [0.5, 0.6) is 0 Å². The van der Waals surface area contributed by atoms with E-state index in [1.807, 2.05) is 0 Å². The van der Waals surface area contributed by atoms with Gasteiger partial charge in [-0.05, 0) is 25.7 Å². The third-order valence-corrected chi connectivity index (χ3v) is 2.74. The second kappa shape index (κ2) is 2.73. The molecule has 3 heteroatoms. The molecule has 1 aliphatic carbocycles. The first-order valence-electron chi connectivity index (χ1n) is 4.44. The first-order chi connectivity index (χ1) is 5.35. The van der Waals surface area contributed by atoms with E-state index in [1.54, 1.807) is 0 Å². The zero-order chi connectivity index (χ0) is 7.73. The lowest BCUT2D eigenvalue weighted by molar-refractivity contribution is 0.188. The van der Waals surface area contributed by atoms with Crippen molar-refractivity contribution in [3.8, 4) is 0 Å². The van der Waals surface area contributed by atoms with Gasteiger partial charge >= 0.3 is 0 Å². The van der Waals surface area contributed by atoms with E-state index in [0.717, 1.165) is 0 Å². The van der Waals surface area contributed by atoms with E-state index >= 15 is 0 Å². The summed E-state index contributed by atoms with van der Waals surface area (Å²) in [5, 5.41) is 16.9. The Hall–Kier alpha value is -0.120. The van der Waals surface area contributed by atoms with E-state index in [1.165, 1.54) is 25.7 Å².